The van der Waals surface area contributed by atoms with Crippen molar-refractivity contribution in [2.75, 3.05) is 13.6 Å². The van der Waals surface area contributed by atoms with E-state index in [2.05, 4.69) is 48.6 Å². The zero-order chi connectivity index (χ0) is 11.4. The number of allylic oxidation sites excluding steroid dienone is 1. The standard InChI is InChI=1S/C13H20N2S/c1-11-6-7-13(16-11)10-15(2)9-12-5-3-4-8-14-12/h4,6-8,12,14H,3,5,9-10H2,1-2H3. The van der Waals surface area contributed by atoms with Crippen LogP contribution in [0.15, 0.2) is 24.4 Å². The van der Waals surface area contributed by atoms with E-state index >= 15 is 0 Å². The Morgan fingerprint density at radius 1 is 1.50 bits per heavy atom. The van der Waals surface area contributed by atoms with Crippen LogP contribution in [-0.2, 0) is 6.54 Å². The molecule has 1 atom stereocenters. The molecule has 0 saturated heterocycles. The highest BCUT2D eigenvalue weighted by molar-refractivity contribution is 7.11. The van der Waals surface area contributed by atoms with Crippen molar-refractivity contribution in [3.63, 3.8) is 0 Å². The van der Waals surface area contributed by atoms with Crippen molar-refractivity contribution in [2.45, 2.75) is 32.4 Å². The smallest absolute Gasteiger partial charge is 0.0385 e. The van der Waals surface area contributed by atoms with E-state index in [0.29, 0.717) is 6.04 Å². The molecule has 1 aromatic heterocycles. The summed E-state index contributed by atoms with van der Waals surface area (Å²) in [6, 6.07) is 5.07. The number of thiophene rings is 1. The Morgan fingerprint density at radius 3 is 3.00 bits per heavy atom. The van der Waals surface area contributed by atoms with Crippen LogP contribution in [0.5, 0.6) is 0 Å². The van der Waals surface area contributed by atoms with Crippen molar-refractivity contribution in [3.05, 3.63) is 34.2 Å². The molecule has 0 bridgehead atoms. The van der Waals surface area contributed by atoms with E-state index in [1.807, 2.05) is 11.3 Å². The average molecular weight is 236 g/mol. The summed E-state index contributed by atoms with van der Waals surface area (Å²) in [7, 11) is 2.20. The van der Waals surface area contributed by atoms with E-state index in [4.69, 9.17) is 0 Å². The molecule has 1 aromatic rings. The second-order valence-corrected chi connectivity index (χ2v) is 5.92. The molecule has 0 amide bonds. The molecule has 1 aliphatic rings. The molecule has 3 heteroatoms. The lowest BCUT2D eigenvalue weighted by molar-refractivity contribution is 0.284. The van der Waals surface area contributed by atoms with Crippen LogP contribution in [0.1, 0.15) is 22.6 Å². The Labute approximate surface area is 102 Å². The maximum atomic E-state index is 3.42. The summed E-state index contributed by atoms with van der Waals surface area (Å²) in [6.07, 6.45) is 6.77. The number of nitrogens with zero attached hydrogens (tertiary/aromatic N) is 1. The topological polar surface area (TPSA) is 15.3 Å². The van der Waals surface area contributed by atoms with Gasteiger partial charge in [0, 0.05) is 28.9 Å². The van der Waals surface area contributed by atoms with E-state index < -0.39 is 0 Å². The molecule has 0 saturated carbocycles. The van der Waals surface area contributed by atoms with Gasteiger partial charge in [-0.3, -0.25) is 4.90 Å². The van der Waals surface area contributed by atoms with Gasteiger partial charge in [0.1, 0.15) is 0 Å². The monoisotopic (exact) mass is 236 g/mol. The largest absolute Gasteiger partial charge is 0.387 e. The summed E-state index contributed by atoms with van der Waals surface area (Å²) < 4.78 is 0. The molecule has 88 valence electrons. The predicted molar refractivity (Wildman–Crippen MR) is 70.7 cm³/mol. The zero-order valence-electron chi connectivity index (χ0n) is 10.1. The zero-order valence-corrected chi connectivity index (χ0v) is 10.9. The van der Waals surface area contributed by atoms with Crippen molar-refractivity contribution < 1.29 is 0 Å². The van der Waals surface area contributed by atoms with Gasteiger partial charge in [0.15, 0.2) is 0 Å². The quantitative estimate of drug-likeness (QED) is 0.865. The summed E-state index contributed by atoms with van der Waals surface area (Å²) in [4.78, 5) is 5.27. The van der Waals surface area contributed by atoms with Crippen LogP contribution < -0.4 is 5.32 Å². The lowest BCUT2D eigenvalue weighted by atomic mass is 10.1. The molecule has 2 nitrogen and oxygen atoms in total. The molecule has 0 aromatic carbocycles. The highest BCUT2D eigenvalue weighted by Gasteiger charge is 2.12. The van der Waals surface area contributed by atoms with Gasteiger partial charge >= 0.3 is 0 Å². The van der Waals surface area contributed by atoms with Gasteiger partial charge in [0.05, 0.1) is 0 Å². The van der Waals surface area contributed by atoms with Crippen molar-refractivity contribution in [2.24, 2.45) is 0 Å². The first kappa shape index (κ1) is 11.7. The van der Waals surface area contributed by atoms with Gasteiger partial charge in [0.2, 0.25) is 0 Å². The van der Waals surface area contributed by atoms with Gasteiger partial charge in [-0.2, -0.15) is 0 Å². The summed E-state index contributed by atoms with van der Waals surface area (Å²) in [6.45, 7) is 4.36. The Balaban J connectivity index is 1.79. The fourth-order valence-corrected chi connectivity index (χ4v) is 3.06. The molecular weight excluding hydrogens is 216 g/mol. The first-order valence-corrected chi connectivity index (χ1v) is 6.70. The Bertz CT molecular complexity index is 357. The minimum Gasteiger partial charge on any atom is -0.387 e. The molecule has 16 heavy (non-hydrogen) atoms. The first-order chi connectivity index (χ1) is 7.74. The van der Waals surface area contributed by atoms with E-state index in [9.17, 15) is 0 Å². The number of rotatable bonds is 4. The molecule has 2 heterocycles. The normalized spacial score (nSPS) is 20.1. The second kappa shape index (κ2) is 5.51. The molecule has 0 aliphatic carbocycles. The van der Waals surface area contributed by atoms with Crippen LogP contribution in [0.4, 0.5) is 0 Å². The molecule has 0 radical (unpaired) electrons. The third-order valence-corrected chi connectivity index (χ3v) is 3.87. The van der Waals surface area contributed by atoms with Gasteiger partial charge in [-0.25, -0.2) is 0 Å². The Kier molecular flexibility index (Phi) is 4.02. The minimum absolute atomic E-state index is 0.621. The van der Waals surface area contributed by atoms with Crippen molar-refractivity contribution in [1.29, 1.82) is 0 Å². The number of hydrogen-bond acceptors (Lipinski definition) is 3. The van der Waals surface area contributed by atoms with E-state index in [1.54, 1.807) is 0 Å². The fourth-order valence-electron chi connectivity index (χ4n) is 2.09. The van der Waals surface area contributed by atoms with E-state index in [1.165, 1.54) is 22.6 Å². The highest BCUT2D eigenvalue weighted by atomic mass is 32.1. The minimum atomic E-state index is 0.621. The Morgan fingerprint density at radius 2 is 2.38 bits per heavy atom. The number of nitrogens with one attached hydrogen (secondary N) is 1. The third-order valence-electron chi connectivity index (χ3n) is 2.89. The fraction of sp³-hybridized carbons (Fsp3) is 0.538. The summed E-state index contributed by atoms with van der Waals surface area (Å²) in [5, 5.41) is 3.42. The summed E-state index contributed by atoms with van der Waals surface area (Å²) in [5.74, 6) is 0. The van der Waals surface area contributed by atoms with Crippen molar-refractivity contribution in [1.82, 2.24) is 10.2 Å². The third kappa shape index (κ3) is 3.35. The highest BCUT2D eigenvalue weighted by Crippen LogP contribution is 2.17. The molecule has 0 fully saturated rings. The summed E-state index contributed by atoms with van der Waals surface area (Å²) >= 11 is 1.90. The van der Waals surface area contributed by atoms with Gasteiger partial charge in [-0.1, -0.05) is 6.08 Å². The Hall–Kier alpha value is -0.800. The number of aryl methyl sites for hydroxylation is 1. The van der Waals surface area contributed by atoms with Crippen LogP contribution in [0, 0.1) is 6.92 Å². The van der Waals surface area contributed by atoms with Crippen molar-refractivity contribution in [3.8, 4) is 0 Å². The van der Waals surface area contributed by atoms with E-state index in [-0.39, 0.29) is 0 Å². The number of hydrogen-bond donors (Lipinski definition) is 1. The van der Waals surface area contributed by atoms with E-state index in [0.717, 1.165) is 13.1 Å². The molecule has 0 spiro atoms. The second-order valence-electron chi connectivity index (χ2n) is 4.55. The molecular formula is C13H20N2S. The average Bonchev–Trinajstić information content (AvgIpc) is 2.65. The van der Waals surface area contributed by atoms with Crippen LogP contribution in [-0.4, -0.2) is 24.5 Å². The van der Waals surface area contributed by atoms with Crippen LogP contribution in [0.2, 0.25) is 0 Å². The number of likely N-dealkylation sites (N-methyl/N-ethyl adjacent to an activating group) is 1. The van der Waals surface area contributed by atoms with Gasteiger partial charge in [-0.15, -0.1) is 11.3 Å². The molecule has 1 N–H and O–H groups in total. The van der Waals surface area contributed by atoms with Gasteiger partial charge < -0.3 is 5.32 Å². The molecule has 2 rings (SSSR count). The maximum absolute atomic E-state index is 3.42. The SMILES string of the molecule is Cc1ccc(CN(C)CC2CCC=CN2)s1. The molecule has 1 unspecified atom stereocenters. The molecule has 1 aliphatic heterocycles. The van der Waals surface area contributed by atoms with Crippen LogP contribution >= 0.6 is 11.3 Å². The maximum Gasteiger partial charge on any atom is 0.0385 e. The van der Waals surface area contributed by atoms with Gasteiger partial charge in [-0.05, 0) is 45.1 Å². The van der Waals surface area contributed by atoms with Crippen molar-refractivity contribution >= 4 is 11.3 Å². The lowest BCUT2D eigenvalue weighted by Crippen LogP contribution is -2.37. The lowest BCUT2D eigenvalue weighted by Gasteiger charge is -2.25. The summed E-state index contributed by atoms with van der Waals surface area (Å²) in [5.41, 5.74) is 0. The first-order valence-electron chi connectivity index (χ1n) is 5.89. The van der Waals surface area contributed by atoms with Crippen LogP contribution in [0.3, 0.4) is 0 Å². The van der Waals surface area contributed by atoms with Gasteiger partial charge in [0.25, 0.3) is 0 Å². The predicted octanol–water partition coefficient (Wildman–Crippen LogP) is 2.75. The van der Waals surface area contributed by atoms with Crippen LogP contribution in [0.25, 0.3) is 0 Å².